The van der Waals surface area contributed by atoms with Crippen molar-refractivity contribution in [2.75, 3.05) is 13.1 Å². The van der Waals surface area contributed by atoms with E-state index in [0.29, 0.717) is 18.7 Å². The zero-order valence-corrected chi connectivity index (χ0v) is 12.3. The molecule has 3 nitrogen and oxygen atoms in total. The molecule has 2 aromatic rings. The molecule has 0 bridgehead atoms. The van der Waals surface area contributed by atoms with Crippen molar-refractivity contribution in [1.82, 2.24) is 4.90 Å². The molecule has 0 radical (unpaired) electrons. The largest absolute Gasteiger partial charge is 0.336 e. The van der Waals surface area contributed by atoms with Gasteiger partial charge in [-0.1, -0.05) is 30.3 Å². The number of carbonyl (C=O) groups is 1. The first kappa shape index (κ1) is 14.7. The van der Waals surface area contributed by atoms with Gasteiger partial charge in [0.25, 0.3) is 5.91 Å². The Morgan fingerprint density at radius 3 is 2.41 bits per heavy atom. The Kier molecular flexibility index (Phi) is 4.20. The van der Waals surface area contributed by atoms with Gasteiger partial charge in [0.15, 0.2) is 0 Å². The number of hydrogen-bond acceptors (Lipinski definition) is 2. The molecule has 0 aromatic heterocycles. The van der Waals surface area contributed by atoms with Crippen LogP contribution in [0.25, 0.3) is 0 Å². The second-order valence-corrected chi connectivity index (χ2v) is 5.82. The molecule has 4 heteroatoms. The number of nitrogens with zero attached hydrogens (tertiary/aromatic N) is 1. The van der Waals surface area contributed by atoms with Gasteiger partial charge in [0.05, 0.1) is 0 Å². The highest BCUT2D eigenvalue weighted by Gasteiger charge is 2.29. The fourth-order valence-electron chi connectivity index (χ4n) is 3.05. The first-order valence-electron chi connectivity index (χ1n) is 7.49. The second kappa shape index (κ2) is 6.28. The normalized spacial score (nSPS) is 21.6. The molecule has 1 aliphatic rings. The molecule has 2 atom stereocenters. The molecular formula is C18H19FN2O. The van der Waals surface area contributed by atoms with Crippen molar-refractivity contribution < 1.29 is 9.18 Å². The van der Waals surface area contributed by atoms with Crippen molar-refractivity contribution in [1.29, 1.82) is 0 Å². The highest BCUT2D eigenvalue weighted by molar-refractivity contribution is 5.94. The van der Waals surface area contributed by atoms with E-state index in [2.05, 4.69) is 12.1 Å². The van der Waals surface area contributed by atoms with E-state index in [1.54, 1.807) is 4.90 Å². The molecule has 1 aliphatic heterocycles. The van der Waals surface area contributed by atoms with E-state index in [1.165, 1.54) is 29.8 Å². The van der Waals surface area contributed by atoms with Crippen molar-refractivity contribution in [3.05, 3.63) is 71.5 Å². The van der Waals surface area contributed by atoms with E-state index < -0.39 is 0 Å². The fourth-order valence-corrected chi connectivity index (χ4v) is 3.05. The lowest BCUT2D eigenvalue weighted by Crippen LogP contribution is -2.48. The van der Waals surface area contributed by atoms with Crippen molar-refractivity contribution >= 4 is 5.91 Å². The molecule has 2 aromatic carbocycles. The Morgan fingerprint density at radius 1 is 1.05 bits per heavy atom. The van der Waals surface area contributed by atoms with Crippen molar-refractivity contribution in [3.8, 4) is 0 Å². The lowest BCUT2D eigenvalue weighted by atomic mass is 9.88. The number of rotatable bonds is 2. The number of benzene rings is 2. The third-order valence-electron chi connectivity index (χ3n) is 4.13. The van der Waals surface area contributed by atoms with E-state index in [1.807, 2.05) is 18.2 Å². The lowest BCUT2D eigenvalue weighted by molar-refractivity contribution is 0.0689. The summed E-state index contributed by atoms with van der Waals surface area (Å²) in [5.41, 5.74) is 7.84. The van der Waals surface area contributed by atoms with Crippen LogP contribution in [0.15, 0.2) is 54.6 Å². The molecule has 2 N–H and O–H groups in total. The van der Waals surface area contributed by atoms with Gasteiger partial charge in [0.2, 0.25) is 0 Å². The summed E-state index contributed by atoms with van der Waals surface area (Å²) in [4.78, 5) is 14.4. The number of hydrogen-bond donors (Lipinski definition) is 1. The molecule has 0 saturated carbocycles. The van der Waals surface area contributed by atoms with Gasteiger partial charge in [-0.15, -0.1) is 0 Å². The number of piperidine rings is 1. The van der Waals surface area contributed by atoms with Gasteiger partial charge in [-0.3, -0.25) is 4.79 Å². The summed E-state index contributed by atoms with van der Waals surface area (Å²) in [5.74, 6) is -0.181. The van der Waals surface area contributed by atoms with Gasteiger partial charge in [-0.05, 0) is 36.2 Å². The Balaban J connectivity index is 1.78. The van der Waals surface area contributed by atoms with Crippen LogP contribution < -0.4 is 5.73 Å². The van der Waals surface area contributed by atoms with E-state index in [-0.39, 0.29) is 23.7 Å². The topological polar surface area (TPSA) is 46.3 Å². The van der Waals surface area contributed by atoms with Crippen LogP contribution in [0.2, 0.25) is 0 Å². The summed E-state index contributed by atoms with van der Waals surface area (Å²) in [6, 6.07) is 15.8. The molecule has 22 heavy (non-hydrogen) atoms. The SMILES string of the molecule is NC1CC(c2ccccc2)CN(C(=O)c2ccc(F)cc2)C1. The quantitative estimate of drug-likeness (QED) is 0.926. The lowest BCUT2D eigenvalue weighted by Gasteiger charge is -2.36. The van der Waals surface area contributed by atoms with Crippen LogP contribution in [0, 0.1) is 5.82 Å². The summed E-state index contributed by atoms with van der Waals surface area (Å²) < 4.78 is 13.0. The smallest absolute Gasteiger partial charge is 0.253 e. The van der Waals surface area contributed by atoms with Gasteiger partial charge in [0.1, 0.15) is 5.82 Å². The van der Waals surface area contributed by atoms with Crippen LogP contribution in [0.4, 0.5) is 4.39 Å². The minimum absolute atomic E-state index is 0.0386. The van der Waals surface area contributed by atoms with Crippen molar-refractivity contribution in [3.63, 3.8) is 0 Å². The molecule has 1 amide bonds. The van der Waals surface area contributed by atoms with Crippen LogP contribution >= 0.6 is 0 Å². The summed E-state index contributed by atoms with van der Waals surface area (Å²) >= 11 is 0. The molecule has 114 valence electrons. The summed E-state index contributed by atoms with van der Waals surface area (Å²) in [6.07, 6.45) is 0.872. The zero-order chi connectivity index (χ0) is 15.5. The Morgan fingerprint density at radius 2 is 1.73 bits per heavy atom. The molecular weight excluding hydrogens is 279 g/mol. The van der Waals surface area contributed by atoms with Gasteiger partial charge < -0.3 is 10.6 Å². The third kappa shape index (κ3) is 3.17. The van der Waals surface area contributed by atoms with Crippen LogP contribution in [0.5, 0.6) is 0 Å². The monoisotopic (exact) mass is 298 g/mol. The maximum atomic E-state index is 13.0. The van der Waals surface area contributed by atoms with Crippen LogP contribution in [-0.2, 0) is 0 Å². The minimum atomic E-state index is -0.339. The first-order valence-corrected chi connectivity index (χ1v) is 7.49. The Hall–Kier alpha value is -2.20. The zero-order valence-electron chi connectivity index (χ0n) is 12.3. The number of nitrogens with two attached hydrogens (primary N) is 1. The maximum Gasteiger partial charge on any atom is 0.253 e. The summed E-state index contributed by atoms with van der Waals surface area (Å²) in [7, 11) is 0. The molecule has 1 fully saturated rings. The third-order valence-corrected chi connectivity index (χ3v) is 4.13. The number of likely N-dealkylation sites (tertiary alicyclic amines) is 1. The molecule has 2 unspecified atom stereocenters. The number of halogens is 1. The number of amides is 1. The van der Waals surface area contributed by atoms with Gasteiger partial charge in [0, 0.05) is 30.6 Å². The van der Waals surface area contributed by atoms with Crippen LogP contribution in [0.3, 0.4) is 0 Å². The molecule has 0 aliphatic carbocycles. The molecule has 3 rings (SSSR count). The van der Waals surface area contributed by atoms with Crippen LogP contribution in [-0.4, -0.2) is 29.9 Å². The van der Waals surface area contributed by atoms with Gasteiger partial charge >= 0.3 is 0 Å². The Labute approximate surface area is 129 Å². The van der Waals surface area contributed by atoms with Crippen LogP contribution in [0.1, 0.15) is 28.3 Å². The van der Waals surface area contributed by atoms with E-state index >= 15 is 0 Å². The second-order valence-electron chi connectivity index (χ2n) is 5.82. The highest BCUT2D eigenvalue weighted by Crippen LogP contribution is 2.27. The fraction of sp³-hybridized carbons (Fsp3) is 0.278. The molecule has 1 saturated heterocycles. The standard InChI is InChI=1S/C18H19FN2O/c19-16-8-6-14(7-9-16)18(22)21-11-15(10-17(20)12-21)13-4-2-1-3-5-13/h1-9,15,17H,10-12,20H2. The van der Waals surface area contributed by atoms with E-state index in [4.69, 9.17) is 5.73 Å². The summed E-state index contributed by atoms with van der Waals surface area (Å²) in [5, 5.41) is 0. The van der Waals surface area contributed by atoms with Crippen molar-refractivity contribution in [2.45, 2.75) is 18.4 Å². The average Bonchev–Trinajstić information content (AvgIpc) is 2.55. The van der Waals surface area contributed by atoms with E-state index in [0.717, 1.165) is 6.42 Å². The van der Waals surface area contributed by atoms with Gasteiger partial charge in [-0.25, -0.2) is 4.39 Å². The highest BCUT2D eigenvalue weighted by atomic mass is 19.1. The van der Waals surface area contributed by atoms with E-state index in [9.17, 15) is 9.18 Å². The molecule has 0 spiro atoms. The minimum Gasteiger partial charge on any atom is -0.336 e. The molecule has 1 heterocycles. The maximum absolute atomic E-state index is 13.0. The van der Waals surface area contributed by atoms with Gasteiger partial charge in [-0.2, -0.15) is 0 Å². The number of carbonyl (C=O) groups excluding carboxylic acids is 1. The summed E-state index contributed by atoms with van der Waals surface area (Å²) in [6.45, 7) is 1.19. The predicted octanol–water partition coefficient (Wildman–Crippen LogP) is 2.78. The predicted molar refractivity (Wildman–Crippen MR) is 84.1 cm³/mol. The first-order chi connectivity index (χ1) is 10.6. The van der Waals surface area contributed by atoms with Crippen molar-refractivity contribution in [2.24, 2.45) is 5.73 Å². The Bertz CT molecular complexity index is 642. The average molecular weight is 298 g/mol.